The molecule has 1 heterocycles. The predicted molar refractivity (Wildman–Crippen MR) is 116 cm³/mol. The van der Waals surface area contributed by atoms with Crippen LogP contribution in [0.4, 0.5) is 0 Å². The minimum Gasteiger partial charge on any atom is -0.497 e. The van der Waals surface area contributed by atoms with Crippen LogP contribution in [0.1, 0.15) is 0 Å². The van der Waals surface area contributed by atoms with Crippen molar-refractivity contribution in [2.45, 2.75) is 0 Å². The molecule has 0 saturated carbocycles. The van der Waals surface area contributed by atoms with Gasteiger partial charge in [-0.3, -0.25) is 9.36 Å². The monoisotopic (exact) mass is 426 g/mol. The highest BCUT2D eigenvalue weighted by Gasteiger charge is 2.16. The van der Waals surface area contributed by atoms with Crippen LogP contribution in [-0.4, -0.2) is 23.8 Å². The number of rotatable bonds is 4. The van der Waals surface area contributed by atoms with Crippen molar-refractivity contribution in [3.8, 4) is 28.4 Å². The second-order valence-corrected chi connectivity index (χ2v) is 7.10. The lowest BCUT2D eigenvalue weighted by atomic mass is 10.1. The maximum atomic E-state index is 13.5. The van der Waals surface area contributed by atoms with Gasteiger partial charge in [-0.05, 0) is 48.5 Å². The second kappa shape index (κ2) is 7.78. The molecule has 146 valence electrons. The summed E-state index contributed by atoms with van der Waals surface area (Å²) in [6.07, 6.45) is 0. The molecule has 0 bridgehead atoms. The van der Waals surface area contributed by atoms with Crippen molar-refractivity contribution < 1.29 is 9.47 Å². The summed E-state index contributed by atoms with van der Waals surface area (Å²) in [6.45, 7) is 0. The van der Waals surface area contributed by atoms with Gasteiger partial charge in [0.2, 0.25) is 0 Å². The van der Waals surface area contributed by atoms with Crippen LogP contribution >= 0.6 is 23.2 Å². The Kier molecular flexibility index (Phi) is 5.18. The predicted octanol–water partition coefficient (Wildman–Crippen LogP) is 5.38. The summed E-state index contributed by atoms with van der Waals surface area (Å²) in [4.78, 5) is 18.1. The molecular weight excluding hydrogens is 411 g/mol. The molecule has 29 heavy (non-hydrogen) atoms. The van der Waals surface area contributed by atoms with Crippen LogP contribution in [0, 0.1) is 0 Å². The van der Waals surface area contributed by atoms with Gasteiger partial charge in [0.1, 0.15) is 17.2 Å². The molecule has 0 radical (unpaired) electrons. The van der Waals surface area contributed by atoms with Crippen LogP contribution in [0.3, 0.4) is 0 Å². The van der Waals surface area contributed by atoms with Gasteiger partial charge in [0.25, 0.3) is 5.56 Å². The van der Waals surface area contributed by atoms with Crippen LogP contribution in [0.2, 0.25) is 10.0 Å². The van der Waals surface area contributed by atoms with E-state index in [0.717, 1.165) is 0 Å². The van der Waals surface area contributed by atoms with E-state index in [1.807, 2.05) is 18.2 Å². The maximum absolute atomic E-state index is 13.5. The normalized spacial score (nSPS) is 10.9. The highest BCUT2D eigenvalue weighted by atomic mass is 35.5. The molecule has 0 aliphatic rings. The molecule has 4 rings (SSSR count). The molecule has 3 aromatic carbocycles. The average Bonchev–Trinajstić information content (AvgIpc) is 2.75. The average molecular weight is 427 g/mol. The fourth-order valence-electron chi connectivity index (χ4n) is 3.11. The Hall–Kier alpha value is -3.02. The lowest BCUT2D eigenvalue weighted by Crippen LogP contribution is -2.22. The van der Waals surface area contributed by atoms with Gasteiger partial charge in [-0.2, -0.15) is 0 Å². The molecule has 0 fully saturated rings. The quantitative estimate of drug-likeness (QED) is 0.439. The molecular formula is C22H16Cl2N2O3. The van der Waals surface area contributed by atoms with Crippen LogP contribution in [-0.2, 0) is 0 Å². The molecule has 0 aliphatic heterocycles. The van der Waals surface area contributed by atoms with E-state index in [4.69, 9.17) is 32.7 Å². The summed E-state index contributed by atoms with van der Waals surface area (Å²) >= 11 is 12.2. The van der Waals surface area contributed by atoms with E-state index in [1.54, 1.807) is 61.3 Å². The molecule has 0 unspecified atom stereocenters. The first-order chi connectivity index (χ1) is 14.0. The molecule has 4 aromatic rings. The molecule has 0 atom stereocenters. The van der Waals surface area contributed by atoms with E-state index in [1.165, 1.54) is 0 Å². The van der Waals surface area contributed by atoms with Crippen molar-refractivity contribution >= 4 is 34.2 Å². The van der Waals surface area contributed by atoms with Gasteiger partial charge < -0.3 is 9.47 Å². The van der Waals surface area contributed by atoms with Crippen molar-refractivity contribution in [1.82, 2.24) is 9.55 Å². The second-order valence-electron chi connectivity index (χ2n) is 6.28. The van der Waals surface area contributed by atoms with Crippen molar-refractivity contribution in [3.63, 3.8) is 0 Å². The number of aromatic nitrogens is 2. The Morgan fingerprint density at radius 1 is 0.828 bits per heavy atom. The van der Waals surface area contributed by atoms with Crippen molar-refractivity contribution in [2.24, 2.45) is 0 Å². The molecule has 7 heteroatoms. The summed E-state index contributed by atoms with van der Waals surface area (Å²) in [5, 5.41) is 0.771. The summed E-state index contributed by atoms with van der Waals surface area (Å²) in [5.74, 6) is 1.32. The molecule has 0 amide bonds. The molecule has 0 N–H and O–H groups in total. The molecule has 0 aliphatic carbocycles. The fourth-order valence-corrected chi connectivity index (χ4v) is 3.40. The number of halogens is 2. The third-order valence-electron chi connectivity index (χ3n) is 4.59. The van der Waals surface area contributed by atoms with E-state index in [9.17, 15) is 4.79 Å². The Labute approximate surface area is 177 Å². The van der Waals surface area contributed by atoms with Gasteiger partial charge >= 0.3 is 0 Å². The van der Waals surface area contributed by atoms with Gasteiger partial charge in [-0.15, -0.1) is 0 Å². The summed E-state index contributed by atoms with van der Waals surface area (Å²) in [7, 11) is 3.17. The zero-order valence-corrected chi connectivity index (χ0v) is 17.2. The first kappa shape index (κ1) is 19.3. The Balaban J connectivity index is 2.05. The van der Waals surface area contributed by atoms with Gasteiger partial charge in [-0.25, -0.2) is 4.98 Å². The molecule has 1 aromatic heterocycles. The molecule has 5 nitrogen and oxygen atoms in total. The van der Waals surface area contributed by atoms with Crippen LogP contribution in [0.15, 0.2) is 65.5 Å². The van der Waals surface area contributed by atoms with E-state index in [0.29, 0.717) is 43.8 Å². The lowest BCUT2D eigenvalue weighted by molar-refractivity contribution is 0.414. The lowest BCUT2D eigenvalue weighted by Gasteiger charge is -2.14. The van der Waals surface area contributed by atoms with E-state index < -0.39 is 0 Å². The highest BCUT2D eigenvalue weighted by Crippen LogP contribution is 2.29. The van der Waals surface area contributed by atoms with Crippen molar-refractivity contribution in [3.05, 3.63) is 81.1 Å². The van der Waals surface area contributed by atoms with Crippen molar-refractivity contribution in [2.75, 3.05) is 14.2 Å². The minimum absolute atomic E-state index is 0.275. The number of ether oxygens (including phenoxy) is 2. The number of methoxy groups -OCH3 is 2. The Morgan fingerprint density at radius 3 is 2.17 bits per heavy atom. The third kappa shape index (κ3) is 3.55. The Bertz CT molecular complexity index is 1270. The number of fused-ring (bicyclic) bond motifs is 1. The zero-order chi connectivity index (χ0) is 20.5. The SMILES string of the molecule is COc1ccc(-n2c(=O)c(-c3ccc(Cl)c(Cl)c3)nc3ccc(OC)cc32)cc1. The summed E-state index contributed by atoms with van der Waals surface area (Å²) in [6, 6.07) is 17.6. The van der Waals surface area contributed by atoms with Gasteiger partial charge in [-0.1, -0.05) is 29.3 Å². The molecule has 0 spiro atoms. The standard InChI is InChI=1S/C22H16Cl2N2O3/c1-28-15-6-4-14(5-7-15)26-20-12-16(29-2)8-10-19(20)25-21(22(26)27)13-3-9-17(23)18(24)11-13/h3-12H,1-2H3. The van der Waals surface area contributed by atoms with Gasteiger partial charge in [0.05, 0.1) is 35.3 Å². The summed E-state index contributed by atoms with van der Waals surface area (Å²) in [5.41, 5.74) is 2.53. The van der Waals surface area contributed by atoms with Crippen LogP contribution in [0.5, 0.6) is 11.5 Å². The first-order valence-electron chi connectivity index (χ1n) is 8.72. The minimum atomic E-state index is -0.283. The Morgan fingerprint density at radius 2 is 1.52 bits per heavy atom. The first-order valence-corrected chi connectivity index (χ1v) is 9.48. The topological polar surface area (TPSA) is 53.4 Å². The van der Waals surface area contributed by atoms with Crippen LogP contribution in [0.25, 0.3) is 28.0 Å². The van der Waals surface area contributed by atoms with Gasteiger partial charge in [0.15, 0.2) is 0 Å². The number of hydrogen-bond donors (Lipinski definition) is 0. The zero-order valence-electron chi connectivity index (χ0n) is 15.6. The van der Waals surface area contributed by atoms with E-state index in [2.05, 4.69) is 4.98 Å². The summed E-state index contributed by atoms with van der Waals surface area (Å²) < 4.78 is 12.2. The van der Waals surface area contributed by atoms with E-state index in [-0.39, 0.29) is 11.3 Å². The fraction of sp³-hybridized carbons (Fsp3) is 0.0909. The maximum Gasteiger partial charge on any atom is 0.282 e. The number of hydrogen-bond acceptors (Lipinski definition) is 4. The van der Waals surface area contributed by atoms with Crippen LogP contribution < -0.4 is 15.0 Å². The third-order valence-corrected chi connectivity index (χ3v) is 5.32. The molecule has 0 saturated heterocycles. The van der Waals surface area contributed by atoms with Gasteiger partial charge in [0, 0.05) is 17.3 Å². The van der Waals surface area contributed by atoms with E-state index >= 15 is 0 Å². The largest absolute Gasteiger partial charge is 0.497 e. The number of benzene rings is 3. The number of nitrogens with zero attached hydrogens (tertiary/aromatic N) is 2. The smallest absolute Gasteiger partial charge is 0.282 e. The van der Waals surface area contributed by atoms with Crippen molar-refractivity contribution in [1.29, 1.82) is 0 Å². The highest BCUT2D eigenvalue weighted by molar-refractivity contribution is 6.42.